The van der Waals surface area contributed by atoms with Crippen molar-refractivity contribution in [1.29, 1.82) is 0 Å². The molecular formula is C13H25ClN2O2. The number of amides is 1. The van der Waals surface area contributed by atoms with Crippen LogP contribution in [0.4, 0.5) is 4.79 Å². The summed E-state index contributed by atoms with van der Waals surface area (Å²) in [5.41, 5.74) is -0.123. The van der Waals surface area contributed by atoms with Gasteiger partial charge in [-0.25, -0.2) is 4.79 Å². The van der Waals surface area contributed by atoms with Crippen molar-refractivity contribution in [2.75, 3.05) is 19.6 Å². The molecule has 0 radical (unpaired) electrons. The smallest absolute Gasteiger partial charge is 0.407 e. The summed E-state index contributed by atoms with van der Waals surface area (Å²) in [6.07, 6.45) is 3.52. The molecule has 1 amide bonds. The van der Waals surface area contributed by atoms with E-state index in [4.69, 9.17) is 4.74 Å². The molecule has 0 aromatic rings. The number of rotatable bonds is 2. The first kappa shape index (κ1) is 15.6. The Morgan fingerprint density at radius 2 is 2.22 bits per heavy atom. The van der Waals surface area contributed by atoms with Crippen LogP contribution in [0.25, 0.3) is 0 Å². The van der Waals surface area contributed by atoms with Crippen molar-refractivity contribution in [3.63, 3.8) is 0 Å². The van der Waals surface area contributed by atoms with Gasteiger partial charge in [0.2, 0.25) is 0 Å². The molecular weight excluding hydrogens is 252 g/mol. The number of carbonyl (C=O) groups is 1. The third kappa shape index (κ3) is 3.51. The Labute approximate surface area is 116 Å². The molecule has 4 nitrogen and oxygen atoms in total. The van der Waals surface area contributed by atoms with E-state index in [0.29, 0.717) is 0 Å². The lowest BCUT2D eigenvalue weighted by molar-refractivity contribution is 0.0497. The number of alkyl carbamates (subject to hydrolysis) is 1. The second-order valence-electron chi connectivity index (χ2n) is 6.44. The lowest BCUT2D eigenvalue weighted by Gasteiger charge is -2.29. The number of halogens is 1. The van der Waals surface area contributed by atoms with Crippen LogP contribution in [0.2, 0.25) is 0 Å². The molecule has 0 aromatic heterocycles. The van der Waals surface area contributed by atoms with Crippen LogP contribution in [0, 0.1) is 11.3 Å². The van der Waals surface area contributed by atoms with Crippen LogP contribution < -0.4 is 10.6 Å². The van der Waals surface area contributed by atoms with Crippen molar-refractivity contribution in [1.82, 2.24) is 10.6 Å². The fraction of sp³-hybridized carbons (Fsp3) is 0.923. The zero-order valence-electron chi connectivity index (χ0n) is 11.5. The van der Waals surface area contributed by atoms with Crippen LogP contribution in [0.1, 0.15) is 40.0 Å². The summed E-state index contributed by atoms with van der Waals surface area (Å²) in [7, 11) is 0. The molecule has 18 heavy (non-hydrogen) atoms. The average molecular weight is 277 g/mol. The Kier molecular flexibility index (Phi) is 4.90. The Morgan fingerprint density at radius 1 is 1.50 bits per heavy atom. The maximum Gasteiger partial charge on any atom is 0.407 e. The van der Waals surface area contributed by atoms with Crippen molar-refractivity contribution in [3.8, 4) is 0 Å². The second-order valence-corrected chi connectivity index (χ2v) is 6.44. The van der Waals surface area contributed by atoms with Gasteiger partial charge in [-0.05, 0) is 46.1 Å². The molecule has 0 aromatic carbocycles. The molecule has 2 rings (SSSR count). The number of hydrogen-bond donors (Lipinski definition) is 2. The normalized spacial score (nSPS) is 30.5. The minimum Gasteiger partial charge on any atom is -0.444 e. The SMILES string of the molecule is CC(C)(C)OC(=O)NC[C@]12CCC[C@H]1CNC2.Cl. The highest BCUT2D eigenvalue weighted by molar-refractivity contribution is 5.85. The van der Waals surface area contributed by atoms with Crippen LogP contribution in [0.15, 0.2) is 0 Å². The fourth-order valence-corrected chi connectivity index (χ4v) is 3.12. The zero-order chi connectivity index (χ0) is 12.5. The molecule has 0 spiro atoms. The van der Waals surface area contributed by atoms with Gasteiger partial charge in [-0.1, -0.05) is 6.42 Å². The molecule has 2 atom stereocenters. The Morgan fingerprint density at radius 3 is 2.89 bits per heavy atom. The summed E-state index contributed by atoms with van der Waals surface area (Å²) in [6.45, 7) is 8.56. The molecule has 106 valence electrons. The molecule has 1 saturated heterocycles. The maximum atomic E-state index is 11.6. The summed E-state index contributed by atoms with van der Waals surface area (Å²) >= 11 is 0. The third-order valence-electron chi connectivity index (χ3n) is 3.94. The van der Waals surface area contributed by atoms with Gasteiger partial charge in [-0.2, -0.15) is 0 Å². The van der Waals surface area contributed by atoms with Gasteiger partial charge < -0.3 is 15.4 Å². The van der Waals surface area contributed by atoms with Gasteiger partial charge in [0.05, 0.1) is 0 Å². The van der Waals surface area contributed by atoms with E-state index >= 15 is 0 Å². The van der Waals surface area contributed by atoms with Gasteiger partial charge in [0.1, 0.15) is 5.60 Å². The van der Waals surface area contributed by atoms with Gasteiger partial charge in [0.15, 0.2) is 0 Å². The van der Waals surface area contributed by atoms with Crippen molar-refractivity contribution in [2.45, 2.75) is 45.6 Å². The van der Waals surface area contributed by atoms with E-state index in [1.54, 1.807) is 0 Å². The summed E-state index contributed by atoms with van der Waals surface area (Å²) in [5.74, 6) is 0.734. The van der Waals surface area contributed by atoms with Crippen molar-refractivity contribution in [3.05, 3.63) is 0 Å². The first-order valence-corrected chi connectivity index (χ1v) is 6.59. The number of nitrogens with one attached hydrogen (secondary N) is 2. The van der Waals surface area contributed by atoms with Crippen LogP contribution >= 0.6 is 12.4 Å². The minimum atomic E-state index is -0.412. The van der Waals surface area contributed by atoms with Gasteiger partial charge in [-0.15, -0.1) is 12.4 Å². The van der Waals surface area contributed by atoms with E-state index in [0.717, 1.165) is 25.6 Å². The first-order valence-electron chi connectivity index (χ1n) is 6.59. The zero-order valence-corrected chi connectivity index (χ0v) is 12.4. The molecule has 0 bridgehead atoms. The highest BCUT2D eigenvalue weighted by Crippen LogP contribution is 2.45. The highest BCUT2D eigenvalue weighted by Gasteiger charge is 2.46. The Hall–Kier alpha value is -0.480. The number of ether oxygens (including phenoxy) is 1. The summed E-state index contributed by atoms with van der Waals surface area (Å²) in [5, 5.41) is 6.39. The lowest BCUT2D eigenvalue weighted by Crippen LogP contribution is -2.42. The Balaban J connectivity index is 0.00000162. The van der Waals surface area contributed by atoms with E-state index in [1.807, 2.05) is 20.8 Å². The van der Waals surface area contributed by atoms with Crippen molar-refractivity contribution in [2.24, 2.45) is 11.3 Å². The molecule has 1 saturated carbocycles. The van der Waals surface area contributed by atoms with Gasteiger partial charge >= 0.3 is 6.09 Å². The molecule has 0 unspecified atom stereocenters. The van der Waals surface area contributed by atoms with Gasteiger partial charge in [0, 0.05) is 18.5 Å². The van der Waals surface area contributed by atoms with E-state index in [-0.39, 0.29) is 23.9 Å². The summed E-state index contributed by atoms with van der Waals surface area (Å²) in [6, 6.07) is 0. The average Bonchev–Trinajstić information content (AvgIpc) is 2.69. The molecule has 5 heteroatoms. The fourth-order valence-electron chi connectivity index (χ4n) is 3.12. The highest BCUT2D eigenvalue weighted by atomic mass is 35.5. The predicted octanol–water partition coefficient (Wildman–Crippen LogP) is 2.32. The van der Waals surface area contributed by atoms with Gasteiger partial charge in [-0.3, -0.25) is 0 Å². The largest absolute Gasteiger partial charge is 0.444 e. The quantitative estimate of drug-likeness (QED) is 0.814. The van der Waals surface area contributed by atoms with Crippen LogP contribution in [0.3, 0.4) is 0 Å². The van der Waals surface area contributed by atoms with E-state index in [1.165, 1.54) is 19.3 Å². The lowest BCUT2D eigenvalue weighted by atomic mass is 9.81. The number of fused-ring (bicyclic) bond motifs is 1. The minimum absolute atomic E-state index is 0. The third-order valence-corrected chi connectivity index (χ3v) is 3.94. The molecule has 1 aliphatic heterocycles. The number of hydrogen-bond acceptors (Lipinski definition) is 3. The van der Waals surface area contributed by atoms with E-state index in [9.17, 15) is 4.79 Å². The van der Waals surface area contributed by atoms with Crippen LogP contribution in [-0.4, -0.2) is 31.3 Å². The Bertz CT molecular complexity index is 292. The van der Waals surface area contributed by atoms with E-state index in [2.05, 4.69) is 10.6 Å². The van der Waals surface area contributed by atoms with Crippen LogP contribution in [-0.2, 0) is 4.74 Å². The molecule has 2 N–H and O–H groups in total. The molecule has 1 aliphatic carbocycles. The second kappa shape index (κ2) is 5.66. The summed E-state index contributed by atoms with van der Waals surface area (Å²) in [4.78, 5) is 11.6. The molecule has 2 aliphatic rings. The molecule has 2 fully saturated rings. The monoisotopic (exact) mass is 276 g/mol. The van der Waals surface area contributed by atoms with Crippen molar-refractivity contribution < 1.29 is 9.53 Å². The number of carbonyl (C=O) groups excluding carboxylic acids is 1. The van der Waals surface area contributed by atoms with Crippen LogP contribution in [0.5, 0.6) is 0 Å². The van der Waals surface area contributed by atoms with Crippen molar-refractivity contribution >= 4 is 18.5 Å². The first-order chi connectivity index (χ1) is 7.91. The van der Waals surface area contributed by atoms with E-state index < -0.39 is 5.60 Å². The van der Waals surface area contributed by atoms with Gasteiger partial charge in [0.25, 0.3) is 0 Å². The molecule has 1 heterocycles. The standard InChI is InChI=1S/C13H24N2O2.ClH/c1-12(2,3)17-11(16)15-9-13-6-4-5-10(13)7-14-8-13;/h10,14H,4-9H2,1-3H3,(H,15,16);1H/t10-,13+;/m0./s1. The predicted molar refractivity (Wildman–Crippen MR) is 74.1 cm³/mol. The summed E-state index contributed by atoms with van der Waals surface area (Å²) < 4.78 is 5.27. The topological polar surface area (TPSA) is 50.4 Å². The maximum absolute atomic E-state index is 11.6.